The van der Waals surface area contributed by atoms with Gasteiger partial charge < -0.3 is 30.2 Å². The van der Waals surface area contributed by atoms with Gasteiger partial charge in [0.15, 0.2) is 17.6 Å². The number of ether oxygens (including phenoxy) is 3. The molecule has 5 aromatic rings. The van der Waals surface area contributed by atoms with Crippen molar-refractivity contribution in [2.45, 2.75) is 37.6 Å². The summed E-state index contributed by atoms with van der Waals surface area (Å²) in [6.45, 7) is 0.694. The Morgan fingerprint density at radius 3 is 2.28 bits per heavy atom. The zero-order valence-electron chi connectivity index (χ0n) is 29.0. The van der Waals surface area contributed by atoms with Gasteiger partial charge in [0.05, 0.1) is 34.8 Å². The summed E-state index contributed by atoms with van der Waals surface area (Å²) in [6.07, 6.45) is 0.280. The summed E-state index contributed by atoms with van der Waals surface area (Å²) < 4.78 is 17.5. The van der Waals surface area contributed by atoms with Crippen LogP contribution in [-0.4, -0.2) is 43.6 Å². The van der Waals surface area contributed by atoms with Crippen LogP contribution in [-0.2, 0) is 33.7 Å². The minimum atomic E-state index is -0.878. The molecular weight excluding hydrogens is 727 g/mol. The van der Waals surface area contributed by atoms with Crippen molar-refractivity contribution in [1.82, 2.24) is 10.6 Å². The zero-order chi connectivity index (χ0) is 37.8. The summed E-state index contributed by atoms with van der Waals surface area (Å²) in [5.41, 5.74) is 7.19. The molecule has 3 atom stereocenters. The summed E-state index contributed by atoms with van der Waals surface area (Å²) >= 11 is 12.0. The van der Waals surface area contributed by atoms with E-state index in [0.29, 0.717) is 51.3 Å². The van der Waals surface area contributed by atoms with Crippen LogP contribution in [0.1, 0.15) is 44.3 Å². The minimum absolute atomic E-state index is 0.255. The molecule has 0 aromatic heterocycles. The van der Waals surface area contributed by atoms with Crippen LogP contribution >= 0.6 is 23.2 Å². The van der Waals surface area contributed by atoms with Gasteiger partial charge in [0, 0.05) is 24.2 Å². The number of carbonyl (C=O) groups is 3. The number of amides is 2. The number of esters is 1. The third kappa shape index (κ3) is 8.19. The molecule has 7 rings (SSSR count). The maximum absolute atomic E-state index is 13.5. The second kappa shape index (κ2) is 16.0. The SMILES string of the molecule is COC(=O)[C@H](Cc1ccc(-c2ccc(C#N)cc2)cc1)NC(=O)[C@@H]1Cc2cc3c(cc2CN1)OC(c1ccc(NC(=O)c2ccc(Cl)c(Cl)c2)cc1)CO3. The van der Waals surface area contributed by atoms with Crippen molar-refractivity contribution in [3.05, 3.63) is 147 Å². The van der Waals surface area contributed by atoms with Crippen LogP contribution in [0.4, 0.5) is 5.69 Å². The largest absolute Gasteiger partial charge is 0.485 e. The van der Waals surface area contributed by atoms with E-state index >= 15 is 0 Å². The lowest BCUT2D eigenvalue weighted by Crippen LogP contribution is -2.53. The first-order valence-electron chi connectivity index (χ1n) is 17.2. The van der Waals surface area contributed by atoms with E-state index in [4.69, 9.17) is 42.7 Å². The average molecular weight is 762 g/mol. The van der Waals surface area contributed by atoms with Crippen molar-refractivity contribution in [2.75, 3.05) is 19.0 Å². The fourth-order valence-corrected chi connectivity index (χ4v) is 6.77. The van der Waals surface area contributed by atoms with Crippen LogP contribution in [0.5, 0.6) is 11.5 Å². The van der Waals surface area contributed by atoms with Crippen LogP contribution in [0, 0.1) is 11.3 Å². The number of halogens is 2. The normalized spacial score (nSPS) is 16.3. The van der Waals surface area contributed by atoms with Crippen LogP contribution in [0.2, 0.25) is 10.0 Å². The van der Waals surface area contributed by atoms with E-state index in [9.17, 15) is 14.4 Å². The molecule has 0 bridgehead atoms. The molecule has 1 unspecified atom stereocenters. The number of anilines is 1. The van der Waals surface area contributed by atoms with Gasteiger partial charge in [-0.15, -0.1) is 0 Å². The van der Waals surface area contributed by atoms with Crippen LogP contribution in [0.15, 0.2) is 103 Å². The number of nitrogens with zero attached hydrogens (tertiary/aromatic N) is 1. The van der Waals surface area contributed by atoms with Crippen molar-refractivity contribution in [3.8, 4) is 28.7 Å². The molecule has 0 aliphatic carbocycles. The Labute approximate surface area is 322 Å². The number of methoxy groups -OCH3 is 1. The number of rotatable bonds is 9. The Balaban J connectivity index is 0.957. The first-order valence-corrected chi connectivity index (χ1v) is 18.0. The highest BCUT2D eigenvalue weighted by Gasteiger charge is 2.31. The molecule has 10 nitrogen and oxygen atoms in total. The Kier molecular flexibility index (Phi) is 10.8. The number of carbonyl (C=O) groups excluding carboxylic acids is 3. The maximum Gasteiger partial charge on any atom is 0.328 e. The Morgan fingerprint density at radius 1 is 0.889 bits per heavy atom. The van der Waals surface area contributed by atoms with Gasteiger partial charge in [-0.25, -0.2) is 4.79 Å². The molecule has 0 spiro atoms. The molecule has 2 amide bonds. The number of fused-ring (bicyclic) bond motifs is 2. The van der Waals surface area contributed by atoms with Gasteiger partial charge >= 0.3 is 5.97 Å². The minimum Gasteiger partial charge on any atom is -0.485 e. The highest BCUT2D eigenvalue weighted by Crippen LogP contribution is 2.40. The molecule has 0 radical (unpaired) electrons. The predicted molar refractivity (Wildman–Crippen MR) is 205 cm³/mol. The third-order valence-electron chi connectivity index (χ3n) is 9.47. The summed E-state index contributed by atoms with van der Waals surface area (Å²) in [5.74, 6) is 0.0395. The third-order valence-corrected chi connectivity index (χ3v) is 10.2. The molecule has 3 N–H and O–H groups in total. The molecule has 54 heavy (non-hydrogen) atoms. The summed E-state index contributed by atoms with van der Waals surface area (Å²) in [7, 11) is 1.30. The number of benzene rings is 5. The first kappa shape index (κ1) is 36.5. The molecule has 0 fully saturated rings. The van der Waals surface area contributed by atoms with Crippen LogP contribution < -0.4 is 25.4 Å². The predicted octanol–water partition coefficient (Wildman–Crippen LogP) is 7.21. The van der Waals surface area contributed by atoms with Gasteiger partial charge in [-0.1, -0.05) is 71.7 Å². The molecule has 0 saturated carbocycles. The molecule has 272 valence electrons. The Morgan fingerprint density at radius 2 is 1.59 bits per heavy atom. The molecule has 2 aliphatic heterocycles. The lowest BCUT2D eigenvalue weighted by atomic mass is 9.94. The van der Waals surface area contributed by atoms with Gasteiger partial charge in [0.25, 0.3) is 5.91 Å². The van der Waals surface area contributed by atoms with Crippen LogP contribution in [0.3, 0.4) is 0 Å². The Hall–Kier alpha value is -5.86. The van der Waals surface area contributed by atoms with Crippen molar-refractivity contribution >= 4 is 46.7 Å². The quantitative estimate of drug-likeness (QED) is 0.134. The molecular formula is C42H34Cl2N4O6. The topological polar surface area (TPSA) is 139 Å². The van der Waals surface area contributed by atoms with Gasteiger partial charge in [0.2, 0.25) is 5.91 Å². The van der Waals surface area contributed by atoms with E-state index in [1.807, 2.05) is 60.7 Å². The number of nitrogens with one attached hydrogen (secondary N) is 3. The first-order chi connectivity index (χ1) is 26.2. The molecule has 12 heteroatoms. The molecule has 5 aromatic carbocycles. The highest BCUT2D eigenvalue weighted by atomic mass is 35.5. The second-order valence-corrected chi connectivity index (χ2v) is 13.8. The van der Waals surface area contributed by atoms with E-state index in [1.54, 1.807) is 36.4 Å². The second-order valence-electron chi connectivity index (χ2n) is 13.0. The fraction of sp³-hybridized carbons (Fsp3) is 0.190. The zero-order valence-corrected chi connectivity index (χ0v) is 30.5. The molecule has 2 heterocycles. The van der Waals surface area contributed by atoms with Crippen molar-refractivity contribution in [3.63, 3.8) is 0 Å². The van der Waals surface area contributed by atoms with Crippen molar-refractivity contribution in [1.29, 1.82) is 5.26 Å². The van der Waals surface area contributed by atoms with Crippen molar-refractivity contribution in [2.24, 2.45) is 0 Å². The number of hydrogen-bond donors (Lipinski definition) is 3. The summed E-state index contributed by atoms with van der Waals surface area (Å²) in [4.78, 5) is 38.9. The van der Waals surface area contributed by atoms with Gasteiger partial charge in [-0.05, 0) is 94.4 Å². The smallest absolute Gasteiger partial charge is 0.328 e. The molecule has 2 aliphatic rings. The van der Waals surface area contributed by atoms with E-state index in [1.165, 1.54) is 13.2 Å². The van der Waals surface area contributed by atoms with E-state index in [2.05, 4.69) is 22.0 Å². The lowest BCUT2D eigenvalue weighted by molar-refractivity contribution is -0.145. The Bertz CT molecular complexity index is 2260. The monoisotopic (exact) mass is 760 g/mol. The number of hydrogen-bond acceptors (Lipinski definition) is 8. The van der Waals surface area contributed by atoms with Crippen LogP contribution in [0.25, 0.3) is 11.1 Å². The van der Waals surface area contributed by atoms with E-state index in [0.717, 1.165) is 33.4 Å². The van der Waals surface area contributed by atoms with Gasteiger partial charge in [-0.3, -0.25) is 9.59 Å². The highest BCUT2D eigenvalue weighted by molar-refractivity contribution is 6.42. The van der Waals surface area contributed by atoms with E-state index < -0.39 is 18.1 Å². The van der Waals surface area contributed by atoms with E-state index in [-0.39, 0.29) is 30.9 Å². The fourth-order valence-electron chi connectivity index (χ4n) is 6.47. The average Bonchev–Trinajstić information content (AvgIpc) is 3.20. The maximum atomic E-state index is 13.5. The summed E-state index contributed by atoms with van der Waals surface area (Å²) in [5, 5.41) is 18.8. The molecule has 0 saturated heterocycles. The lowest BCUT2D eigenvalue weighted by Gasteiger charge is -2.31. The van der Waals surface area contributed by atoms with Gasteiger partial charge in [0.1, 0.15) is 12.6 Å². The van der Waals surface area contributed by atoms with Gasteiger partial charge in [-0.2, -0.15) is 5.26 Å². The standard InChI is InChI=1S/C42H34Cl2N4O6/c1-52-42(51)36(16-24-2-6-26(7-3-24)27-8-4-25(21-45)5-9-27)48-41(50)35-18-30-19-37-38(20-31(30)22-46-35)54-39(23-53-37)28-10-13-32(14-11-28)47-40(49)29-12-15-33(43)34(44)17-29/h2-15,17,19-20,35-36,39,46H,16,18,22-23H2,1H3,(H,47,49)(H,48,50)/t35-,36-,39?/m0/s1. The van der Waals surface area contributed by atoms with Crippen molar-refractivity contribution < 1.29 is 28.6 Å². The number of nitriles is 1. The summed E-state index contributed by atoms with van der Waals surface area (Å²) in [6, 6.07) is 31.6.